The van der Waals surface area contributed by atoms with Gasteiger partial charge in [-0.1, -0.05) is 18.2 Å². The molecule has 11 heteroatoms. The lowest BCUT2D eigenvalue weighted by atomic mass is 10.0. The molecule has 1 saturated heterocycles. The van der Waals surface area contributed by atoms with E-state index in [9.17, 15) is 13.5 Å². The zero-order chi connectivity index (χ0) is 28.3. The van der Waals surface area contributed by atoms with Gasteiger partial charge in [0.05, 0.1) is 20.3 Å². The summed E-state index contributed by atoms with van der Waals surface area (Å²) in [6.45, 7) is 3.97. The summed E-state index contributed by atoms with van der Waals surface area (Å²) in [4.78, 5) is 2.35. The summed E-state index contributed by atoms with van der Waals surface area (Å²) in [7, 11) is 1.27. The lowest BCUT2D eigenvalue weighted by Crippen LogP contribution is -2.43. The second kappa shape index (κ2) is 12.1. The first-order valence-electron chi connectivity index (χ1n) is 13.3. The van der Waals surface area contributed by atoms with Crippen LogP contribution in [-0.2, 0) is 10.0 Å². The zero-order valence-corrected chi connectivity index (χ0v) is 24.7. The minimum absolute atomic E-state index is 0.186. The molecule has 0 aliphatic carbocycles. The molecule has 0 saturated carbocycles. The molecular formula is C29H36N4O5S2. The van der Waals surface area contributed by atoms with Crippen molar-refractivity contribution in [3.8, 4) is 17.4 Å². The molecule has 214 valence electrons. The quantitative estimate of drug-likeness (QED) is 0.268. The monoisotopic (exact) mass is 584 g/mol. The van der Waals surface area contributed by atoms with Crippen molar-refractivity contribution in [2.75, 3.05) is 58.9 Å². The number of anilines is 1. The number of aromatic nitrogens is 1. The van der Waals surface area contributed by atoms with Crippen LogP contribution >= 0.6 is 11.3 Å². The van der Waals surface area contributed by atoms with Crippen LogP contribution in [0.5, 0.6) is 17.4 Å². The largest absolute Gasteiger partial charge is 0.494 e. The zero-order valence-electron chi connectivity index (χ0n) is 23.0. The van der Waals surface area contributed by atoms with Gasteiger partial charge in [-0.05, 0) is 54.1 Å². The first kappa shape index (κ1) is 28.3. The molecule has 9 nitrogen and oxygen atoms in total. The lowest BCUT2D eigenvalue weighted by Gasteiger charge is -2.30. The fourth-order valence-corrected chi connectivity index (χ4v) is 7.77. The number of aromatic hydroxyl groups is 1. The number of ether oxygens (including phenoxy) is 2. The second-order valence-electron chi connectivity index (χ2n) is 9.87. The highest BCUT2D eigenvalue weighted by atomic mass is 32.2. The van der Waals surface area contributed by atoms with Crippen LogP contribution in [0, 0.1) is 0 Å². The molecule has 1 atom stereocenters. The van der Waals surface area contributed by atoms with Crippen LogP contribution < -0.4 is 19.7 Å². The predicted molar refractivity (Wildman–Crippen MR) is 160 cm³/mol. The van der Waals surface area contributed by atoms with E-state index in [1.54, 1.807) is 38.8 Å². The maximum Gasteiger partial charge on any atom is 0.252 e. The fraction of sp³-hybridized carbons (Fsp3) is 0.379. The first-order valence-corrected chi connectivity index (χ1v) is 15.7. The predicted octanol–water partition coefficient (Wildman–Crippen LogP) is 4.53. The van der Waals surface area contributed by atoms with Crippen molar-refractivity contribution >= 4 is 37.8 Å². The number of hydrogen-bond donors (Lipinski definition) is 2. The van der Waals surface area contributed by atoms with Crippen molar-refractivity contribution in [2.24, 2.45) is 0 Å². The molecule has 1 aliphatic heterocycles. The first-order chi connectivity index (χ1) is 19.3. The van der Waals surface area contributed by atoms with Gasteiger partial charge in [0.1, 0.15) is 4.21 Å². The molecule has 2 aromatic heterocycles. The number of benzene rings is 2. The normalized spacial score (nSPS) is 15.1. The summed E-state index contributed by atoms with van der Waals surface area (Å²) in [5, 5.41) is 18.4. The Kier molecular flexibility index (Phi) is 8.55. The van der Waals surface area contributed by atoms with E-state index >= 15 is 0 Å². The Bertz CT molecular complexity index is 1550. The van der Waals surface area contributed by atoms with E-state index in [-0.39, 0.29) is 11.9 Å². The molecule has 0 unspecified atom stereocenters. The number of rotatable bonds is 11. The Morgan fingerprint density at radius 3 is 2.52 bits per heavy atom. The SMILES string of the molecule is COc1ccc([C@@H](CCCN(C)S(=O)(=O)c2cccs2)n2cc3c(N4CCNCC4)cccc3c2O)cc1OC. The third-order valence-electron chi connectivity index (χ3n) is 7.53. The molecule has 2 N–H and O–H groups in total. The van der Waals surface area contributed by atoms with Crippen molar-refractivity contribution in [1.82, 2.24) is 14.2 Å². The Morgan fingerprint density at radius 2 is 1.82 bits per heavy atom. The molecule has 40 heavy (non-hydrogen) atoms. The van der Waals surface area contributed by atoms with Gasteiger partial charge in [-0.25, -0.2) is 12.7 Å². The van der Waals surface area contributed by atoms with Crippen LogP contribution in [0.3, 0.4) is 0 Å². The molecule has 0 bridgehead atoms. The number of sulfonamides is 1. The van der Waals surface area contributed by atoms with Crippen LogP contribution in [0.1, 0.15) is 24.4 Å². The van der Waals surface area contributed by atoms with E-state index in [1.165, 1.54) is 15.6 Å². The minimum Gasteiger partial charge on any atom is -0.494 e. The maximum absolute atomic E-state index is 13.0. The molecule has 0 radical (unpaired) electrons. The van der Waals surface area contributed by atoms with Crippen LogP contribution in [0.15, 0.2) is 64.3 Å². The van der Waals surface area contributed by atoms with Gasteiger partial charge in [0.2, 0.25) is 0 Å². The highest BCUT2D eigenvalue weighted by molar-refractivity contribution is 7.91. The summed E-state index contributed by atoms with van der Waals surface area (Å²) in [6.07, 6.45) is 3.20. The summed E-state index contributed by atoms with van der Waals surface area (Å²) < 4.78 is 40.6. The van der Waals surface area contributed by atoms with Crippen LogP contribution in [0.25, 0.3) is 10.8 Å². The van der Waals surface area contributed by atoms with Crippen molar-refractivity contribution < 1.29 is 23.0 Å². The van der Waals surface area contributed by atoms with Gasteiger partial charge in [-0.15, -0.1) is 11.3 Å². The number of nitrogens with one attached hydrogen (secondary N) is 1. The van der Waals surface area contributed by atoms with Crippen molar-refractivity contribution in [3.05, 3.63) is 65.7 Å². The number of nitrogens with zero attached hydrogens (tertiary/aromatic N) is 3. The maximum atomic E-state index is 13.0. The molecule has 0 amide bonds. The van der Waals surface area contributed by atoms with Crippen molar-refractivity contribution in [2.45, 2.75) is 23.1 Å². The molecular weight excluding hydrogens is 548 g/mol. The third kappa shape index (κ3) is 5.51. The molecule has 1 aliphatic rings. The van der Waals surface area contributed by atoms with E-state index < -0.39 is 10.0 Å². The number of methoxy groups -OCH3 is 2. The van der Waals surface area contributed by atoms with Gasteiger partial charge >= 0.3 is 0 Å². The Hall–Kier alpha value is -3.25. The van der Waals surface area contributed by atoms with E-state index in [0.717, 1.165) is 48.2 Å². The van der Waals surface area contributed by atoms with Crippen LogP contribution in [0.2, 0.25) is 0 Å². The van der Waals surface area contributed by atoms with E-state index in [0.29, 0.717) is 35.1 Å². The number of piperazine rings is 1. The molecule has 5 rings (SSSR count). The van der Waals surface area contributed by atoms with Gasteiger partial charge in [-0.3, -0.25) is 0 Å². The summed E-state index contributed by atoms with van der Waals surface area (Å²) in [5.74, 6) is 1.40. The second-order valence-corrected chi connectivity index (χ2v) is 13.1. The van der Waals surface area contributed by atoms with Gasteiger partial charge in [0.25, 0.3) is 10.0 Å². The minimum atomic E-state index is -3.54. The molecule has 1 fully saturated rings. The van der Waals surface area contributed by atoms with Crippen LogP contribution in [0.4, 0.5) is 5.69 Å². The van der Waals surface area contributed by atoms with Gasteiger partial charge < -0.3 is 29.4 Å². The van der Waals surface area contributed by atoms with Gasteiger partial charge in [0.15, 0.2) is 17.4 Å². The number of hydrogen-bond acceptors (Lipinski definition) is 8. The summed E-state index contributed by atoms with van der Waals surface area (Å²) in [5.41, 5.74) is 2.03. The molecule has 2 aromatic carbocycles. The van der Waals surface area contributed by atoms with Gasteiger partial charge in [-0.2, -0.15) is 0 Å². The molecule has 4 aromatic rings. The van der Waals surface area contributed by atoms with Crippen molar-refractivity contribution in [1.29, 1.82) is 0 Å². The fourth-order valence-electron chi connectivity index (χ4n) is 5.36. The topological polar surface area (TPSA) is 96.3 Å². The number of thiophene rings is 1. The van der Waals surface area contributed by atoms with E-state index in [4.69, 9.17) is 9.47 Å². The molecule has 0 spiro atoms. The van der Waals surface area contributed by atoms with E-state index in [1.807, 2.05) is 41.1 Å². The van der Waals surface area contributed by atoms with Crippen molar-refractivity contribution in [3.63, 3.8) is 0 Å². The third-order valence-corrected chi connectivity index (χ3v) is 10.8. The van der Waals surface area contributed by atoms with Crippen LogP contribution in [-0.4, -0.2) is 76.4 Å². The summed E-state index contributed by atoms with van der Waals surface area (Å²) in [6, 6.07) is 14.9. The smallest absolute Gasteiger partial charge is 0.252 e. The average Bonchev–Trinajstić information content (AvgIpc) is 3.65. The lowest BCUT2D eigenvalue weighted by molar-refractivity contribution is 0.352. The van der Waals surface area contributed by atoms with Gasteiger partial charge in [0, 0.05) is 62.4 Å². The molecule has 3 heterocycles. The summed E-state index contributed by atoms with van der Waals surface area (Å²) >= 11 is 1.22. The Morgan fingerprint density at radius 1 is 1.05 bits per heavy atom. The Balaban J connectivity index is 1.49. The highest BCUT2D eigenvalue weighted by Gasteiger charge is 2.25. The number of fused-ring (bicyclic) bond motifs is 1. The standard InChI is InChI=1S/C29H36N4O5S2/c1-31(40(35,36)28-10-6-18-39-28)15-5-9-24(21-11-12-26(37-2)27(19-21)38-3)33-20-23-22(29(33)34)7-4-8-25(23)32-16-13-30-14-17-32/h4,6-8,10-12,18-20,24,30,34H,5,9,13-17H2,1-3H3/t24-/m1/s1. The highest BCUT2D eigenvalue weighted by Crippen LogP contribution is 2.40. The Labute approximate surface area is 239 Å². The average molecular weight is 585 g/mol. The van der Waals surface area contributed by atoms with E-state index in [2.05, 4.69) is 16.3 Å².